The minimum Gasteiger partial charge on any atom is -0.486 e. The van der Waals surface area contributed by atoms with Gasteiger partial charge in [0.25, 0.3) is 5.91 Å². The highest BCUT2D eigenvalue weighted by atomic mass is 19.1. The van der Waals surface area contributed by atoms with Crippen molar-refractivity contribution in [1.82, 2.24) is 9.97 Å². The first-order valence-corrected chi connectivity index (χ1v) is 10.2. The lowest BCUT2D eigenvalue weighted by molar-refractivity contribution is 0.102. The van der Waals surface area contributed by atoms with Gasteiger partial charge in [0.15, 0.2) is 17.3 Å². The molecule has 1 aliphatic heterocycles. The van der Waals surface area contributed by atoms with E-state index in [2.05, 4.69) is 15.3 Å². The first-order valence-electron chi connectivity index (χ1n) is 10.2. The van der Waals surface area contributed by atoms with Crippen molar-refractivity contribution in [3.63, 3.8) is 0 Å². The molecule has 1 aliphatic rings. The summed E-state index contributed by atoms with van der Waals surface area (Å²) in [5.74, 6) is 1.93. The molecule has 0 atom stereocenters. The molecule has 0 radical (unpaired) electrons. The fraction of sp³-hybridized carbons (Fsp3) is 0.0800. The predicted molar refractivity (Wildman–Crippen MR) is 119 cm³/mol. The molecule has 5 rings (SSSR count). The average Bonchev–Trinajstić information content (AvgIpc) is 2.85. The summed E-state index contributed by atoms with van der Waals surface area (Å²) < 4.78 is 30.0. The van der Waals surface area contributed by atoms with E-state index >= 15 is 0 Å². The number of halogens is 1. The van der Waals surface area contributed by atoms with Gasteiger partial charge in [-0.25, -0.2) is 9.37 Å². The van der Waals surface area contributed by atoms with Gasteiger partial charge in [0.05, 0.1) is 0 Å². The van der Waals surface area contributed by atoms with Crippen LogP contribution in [0.1, 0.15) is 10.4 Å². The van der Waals surface area contributed by atoms with Gasteiger partial charge in [0, 0.05) is 35.1 Å². The van der Waals surface area contributed by atoms with E-state index in [0.29, 0.717) is 59.0 Å². The normalized spacial score (nSPS) is 12.2. The smallest absolute Gasteiger partial charge is 0.255 e. The van der Waals surface area contributed by atoms with Crippen molar-refractivity contribution >= 4 is 11.6 Å². The molecule has 0 unspecified atom stereocenters. The minimum atomic E-state index is -0.329. The van der Waals surface area contributed by atoms with Gasteiger partial charge in [-0.1, -0.05) is 0 Å². The number of nitrogens with zero attached hydrogens (tertiary/aromatic N) is 2. The zero-order valence-corrected chi connectivity index (χ0v) is 17.3. The lowest BCUT2D eigenvalue weighted by Crippen LogP contribution is -2.16. The summed E-state index contributed by atoms with van der Waals surface area (Å²) in [5.41, 5.74) is 1.75. The van der Waals surface area contributed by atoms with E-state index in [0.717, 1.165) is 0 Å². The number of anilines is 1. The number of fused-ring (bicyclic) bond motifs is 1. The Labute approximate surface area is 188 Å². The largest absolute Gasteiger partial charge is 0.486 e. The molecule has 0 saturated carbocycles. The highest BCUT2D eigenvalue weighted by Gasteiger charge is 2.14. The number of nitrogens with one attached hydrogen (secondary N) is 1. The van der Waals surface area contributed by atoms with Crippen molar-refractivity contribution in [1.29, 1.82) is 0 Å². The summed E-state index contributed by atoms with van der Waals surface area (Å²) in [6, 6.07) is 19.5. The van der Waals surface area contributed by atoms with Crippen LogP contribution >= 0.6 is 0 Å². The third kappa shape index (κ3) is 4.74. The van der Waals surface area contributed by atoms with Crippen LogP contribution in [0.15, 0.2) is 79.0 Å². The number of carbonyl (C=O) groups excluding carboxylic acids is 1. The maximum absolute atomic E-state index is 13.1. The van der Waals surface area contributed by atoms with Gasteiger partial charge in [-0.2, -0.15) is 4.98 Å². The summed E-state index contributed by atoms with van der Waals surface area (Å²) in [6.07, 6.45) is 1.57. The van der Waals surface area contributed by atoms with Crippen LogP contribution < -0.4 is 19.5 Å². The van der Waals surface area contributed by atoms with Crippen LogP contribution in [-0.2, 0) is 0 Å². The Morgan fingerprint density at radius 2 is 1.67 bits per heavy atom. The van der Waals surface area contributed by atoms with Gasteiger partial charge in [-0.05, 0) is 60.7 Å². The fourth-order valence-corrected chi connectivity index (χ4v) is 3.26. The van der Waals surface area contributed by atoms with Crippen LogP contribution in [0.3, 0.4) is 0 Å². The summed E-state index contributed by atoms with van der Waals surface area (Å²) in [6.45, 7) is 0.985. The van der Waals surface area contributed by atoms with Gasteiger partial charge in [0.2, 0.25) is 5.88 Å². The third-order valence-corrected chi connectivity index (χ3v) is 4.87. The van der Waals surface area contributed by atoms with E-state index in [4.69, 9.17) is 14.2 Å². The van der Waals surface area contributed by atoms with E-state index in [-0.39, 0.29) is 11.7 Å². The molecule has 0 fully saturated rings. The quantitative estimate of drug-likeness (QED) is 0.462. The summed E-state index contributed by atoms with van der Waals surface area (Å²) in [7, 11) is 0. The van der Waals surface area contributed by atoms with E-state index < -0.39 is 0 Å². The van der Waals surface area contributed by atoms with Gasteiger partial charge < -0.3 is 19.5 Å². The average molecular weight is 443 g/mol. The molecule has 3 aromatic carbocycles. The molecule has 1 N–H and O–H groups in total. The molecule has 7 nitrogen and oxygen atoms in total. The van der Waals surface area contributed by atoms with E-state index in [9.17, 15) is 9.18 Å². The second-order valence-corrected chi connectivity index (χ2v) is 7.16. The molecule has 0 aliphatic carbocycles. The maximum atomic E-state index is 13.1. The van der Waals surface area contributed by atoms with E-state index in [1.807, 2.05) is 0 Å². The van der Waals surface area contributed by atoms with Crippen LogP contribution in [0.25, 0.3) is 11.4 Å². The van der Waals surface area contributed by atoms with E-state index in [1.54, 1.807) is 66.9 Å². The SMILES string of the molecule is O=C(Nc1ccc2c(c1)OCCO2)c1ccc(Oc2ccnc(-c3ccc(F)cc3)n2)cc1. The van der Waals surface area contributed by atoms with Crippen LogP contribution in [0.4, 0.5) is 10.1 Å². The van der Waals surface area contributed by atoms with Gasteiger partial charge in [-0.15, -0.1) is 0 Å². The number of amides is 1. The van der Waals surface area contributed by atoms with Crippen LogP contribution in [0, 0.1) is 5.82 Å². The Hall–Kier alpha value is -4.46. The van der Waals surface area contributed by atoms with Crippen molar-refractivity contribution in [2.24, 2.45) is 0 Å². The second-order valence-electron chi connectivity index (χ2n) is 7.16. The Kier molecular flexibility index (Phi) is 5.55. The zero-order valence-electron chi connectivity index (χ0n) is 17.3. The fourth-order valence-electron chi connectivity index (χ4n) is 3.26. The number of carbonyl (C=O) groups is 1. The van der Waals surface area contributed by atoms with Crippen molar-refractivity contribution in [3.8, 4) is 34.5 Å². The molecule has 1 aromatic heterocycles. The van der Waals surface area contributed by atoms with Crippen LogP contribution in [-0.4, -0.2) is 29.1 Å². The van der Waals surface area contributed by atoms with Crippen molar-refractivity contribution in [2.45, 2.75) is 0 Å². The highest BCUT2D eigenvalue weighted by molar-refractivity contribution is 6.04. The standard InChI is InChI=1S/C25H18FN3O4/c26-18-5-1-16(2-6-18)24-27-12-11-23(29-24)33-20-8-3-17(4-9-20)25(30)28-19-7-10-21-22(15-19)32-14-13-31-21/h1-12,15H,13-14H2,(H,28,30). The van der Waals surface area contributed by atoms with Gasteiger partial charge in [-0.3, -0.25) is 4.79 Å². The number of aromatic nitrogens is 2. The minimum absolute atomic E-state index is 0.265. The third-order valence-electron chi connectivity index (χ3n) is 4.87. The lowest BCUT2D eigenvalue weighted by Gasteiger charge is -2.19. The Balaban J connectivity index is 1.25. The molecule has 164 valence electrons. The molecular formula is C25H18FN3O4. The first kappa shape index (κ1) is 20.4. The number of benzene rings is 3. The lowest BCUT2D eigenvalue weighted by atomic mass is 10.2. The molecule has 0 spiro atoms. The second kappa shape index (κ2) is 8.96. The summed E-state index contributed by atoms with van der Waals surface area (Å²) >= 11 is 0. The Morgan fingerprint density at radius 1 is 0.909 bits per heavy atom. The number of ether oxygens (including phenoxy) is 3. The highest BCUT2D eigenvalue weighted by Crippen LogP contribution is 2.32. The number of rotatable bonds is 5. The van der Waals surface area contributed by atoms with Crippen molar-refractivity contribution in [3.05, 3.63) is 90.4 Å². The van der Waals surface area contributed by atoms with Gasteiger partial charge >= 0.3 is 0 Å². The zero-order chi connectivity index (χ0) is 22.6. The van der Waals surface area contributed by atoms with Crippen LogP contribution in [0.2, 0.25) is 0 Å². The Bertz CT molecular complexity index is 1290. The number of hydrogen-bond donors (Lipinski definition) is 1. The molecule has 33 heavy (non-hydrogen) atoms. The maximum Gasteiger partial charge on any atom is 0.255 e. The van der Waals surface area contributed by atoms with E-state index in [1.165, 1.54) is 12.1 Å². The topological polar surface area (TPSA) is 82.6 Å². The summed E-state index contributed by atoms with van der Waals surface area (Å²) in [5, 5.41) is 2.84. The number of hydrogen-bond acceptors (Lipinski definition) is 6. The first-order chi connectivity index (χ1) is 16.1. The van der Waals surface area contributed by atoms with Gasteiger partial charge in [0.1, 0.15) is 24.8 Å². The van der Waals surface area contributed by atoms with Crippen molar-refractivity contribution < 1.29 is 23.4 Å². The molecular weight excluding hydrogens is 425 g/mol. The van der Waals surface area contributed by atoms with Crippen molar-refractivity contribution in [2.75, 3.05) is 18.5 Å². The molecule has 2 heterocycles. The molecule has 8 heteroatoms. The molecule has 0 bridgehead atoms. The molecule has 1 amide bonds. The van der Waals surface area contributed by atoms with Crippen LogP contribution in [0.5, 0.6) is 23.1 Å². The molecule has 0 saturated heterocycles. The predicted octanol–water partition coefficient (Wildman–Crippen LogP) is 5.10. The summed E-state index contributed by atoms with van der Waals surface area (Å²) in [4.78, 5) is 21.2. The Morgan fingerprint density at radius 3 is 2.45 bits per heavy atom. The molecule has 4 aromatic rings. The monoisotopic (exact) mass is 443 g/mol.